The van der Waals surface area contributed by atoms with E-state index in [0.29, 0.717) is 17.7 Å². The van der Waals surface area contributed by atoms with Crippen molar-refractivity contribution in [3.05, 3.63) is 53.7 Å². The van der Waals surface area contributed by atoms with E-state index in [0.717, 1.165) is 47.4 Å². The molecule has 4 heterocycles. The van der Waals surface area contributed by atoms with Crippen LogP contribution in [0.15, 0.2) is 40.9 Å². The summed E-state index contributed by atoms with van der Waals surface area (Å²) in [5.41, 5.74) is 6.68. The van der Waals surface area contributed by atoms with E-state index in [1.54, 1.807) is 0 Å². The molecule has 0 aliphatic carbocycles. The molecule has 6 heteroatoms. The highest BCUT2D eigenvalue weighted by atomic mass is 16.4. The molecule has 1 aliphatic heterocycles. The first-order valence-corrected chi connectivity index (χ1v) is 10.3. The Labute approximate surface area is 169 Å². The van der Waals surface area contributed by atoms with Gasteiger partial charge in [-0.15, -0.1) is 10.2 Å². The maximum Gasteiger partial charge on any atom is 0.247 e. The SMILES string of the molecule is Cc1cc(-c2[nH]c3ccc(-c4nnc([C@@H]5CCCN5)o4)cc3c2C(C)C)ccn1. The van der Waals surface area contributed by atoms with Crippen molar-refractivity contribution < 1.29 is 4.42 Å². The number of aromatic amines is 1. The largest absolute Gasteiger partial charge is 0.419 e. The van der Waals surface area contributed by atoms with Crippen molar-refractivity contribution >= 4 is 10.9 Å². The standard InChI is InChI=1S/C23H25N5O/c1-13(2)20-17-12-16(22-27-28-23(29-22)19-5-4-9-25-19)6-7-18(17)26-21(20)15-8-10-24-14(3)11-15/h6-8,10-13,19,25-26H,4-5,9H2,1-3H3/t19-/m0/s1. The number of fused-ring (bicyclic) bond motifs is 1. The third-order valence-corrected chi connectivity index (χ3v) is 5.65. The summed E-state index contributed by atoms with van der Waals surface area (Å²) in [5.74, 6) is 1.62. The van der Waals surface area contributed by atoms with Crippen LogP contribution in [0.5, 0.6) is 0 Å². The Morgan fingerprint density at radius 2 is 2.00 bits per heavy atom. The van der Waals surface area contributed by atoms with Crippen molar-refractivity contribution in [2.24, 2.45) is 0 Å². The Kier molecular flexibility index (Phi) is 4.43. The first-order valence-electron chi connectivity index (χ1n) is 10.3. The Hall–Kier alpha value is -2.99. The van der Waals surface area contributed by atoms with Gasteiger partial charge in [-0.3, -0.25) is 4.98 Å². The summed E-state index contributed by atoms with van der Waals surface area (Å²) in [4.78, 5) is 7.95. The van der Waals surface area contributed by atoms with Crippen LogP contribution >= 0.6 is 0 Å². The highest BCUT2D eigenvalue weighted by Gasteiger charge is 2.23. The molecule has 0 radical (unpaired) electrons. The summed E-state index contributed by atoms with van der Waals surface area (Å²) in [5, 5.41) is 13.2. The van der Waals surface area contributed by atoms with Gasteiger partial charge < -0.3 is 14.7 Å². The number of benzene rings is 1. The number of aryl methyl sites for hydroxylation is 1. The van der Waals surface area contributed by atoms with Crippen molar-refractivity contribution in [3.8, 4) is 22.7 Å². The number of H-pyrrole nitrogens is 1. The summed E-state index contributed by atoms with van der Waals surface area (Å²) in [6.45, 7) is 7.48. The molecule has 4 aromatic rings. The van der Waals surface area contributed by atoms with Crippen LogP contribution in [-0.4, -0.2) is 26.7 Å². The molecular formula is C23H25N5O. The van der Waals surface area contributed by atoms with Gasteiger partial charge in [-0.1, -0.05) is 13.8 Å². The average molecular weight is 387 g/mol. The first kappa shape index (κ1) is 18.1. The zero-order valence-corrected chi connectivity index (χ0v) is 17.0. The topological polar surface area (TPSA) is 79.6 Å². The van der Waals surface area contributed by atoms with Crippen molar-refractivity contribution in [2.75, 3.05) is 6.54 Å². The normalized spacial score (nSPS) is 16.9. The number of aromatic nitrogens is 4. The summed E-state index contributed by atoms with van der Waals surface area (Å²) >= 11 is 0. The van der Waals surface area contributed by atoms with E-state index in [1.165, 1.54) is 10.9 Å². The predicted octanol–water partition coefficient (Wildman–Crippen LogP) is 5.14. The summed E-state index contributed by atoms with van der Waals surface area (Å²) < 4.78 is 6.01. The molecule has 148 valence electrons. The number of nitrogens with zero attached hydrogens (tertiary/aromatic N) is 3. The number of nitrogens with one attached hydrogen (secondary N) is 2. The molecule has 1 saturated heterocycles. The molecule has 1 aliphatic rings. The molecule has 0 spiro atoms. The van der Waals surface area contributed by atoms with Gasteiger partial charge in [0.2, 0.25) is 11.8 Å². The van der Waals surface area contributed by atoms with Crippen molar-refractivity contribution in [1.29, 1.82) is 0 Å². The van der Waals surface area contributed by atoms with Crippen LogP contribution in [-0.2, 0) is 0 Å². The van der Waals surface area contributed by atoms with Gasteiger partial charge in [-0.25, -0.2) is 0 Å². The van der Waals surface area contributed by atoms with E-state index >= 15 is 0 Å². The summed E-state index contributed by atoms with van der Waals surface area (Å²) in [6.07, 6.45) is 4.06. The van der Waals surface area contributed by atoms with E-state index in [2.05, 4.69) is 63.6 Å². The Morgan fingerprint density at radius 3 is 2.76 bits per heavy atom. The van der Waals surface area contributed by atoms with E-state index in [4.69, 9.17) is 4.42 Å². The fraction of sp³-hybridized carbons (Fsp3) is 0.348. The third kappa shape index (κ3) is 3.23. The molecule has 0 bridgehead atoms. The second-order valence-electron chi connectivity index (χ2n) is 8.11. The fourth-order valence-corrected chi connectivity index (χ4v) is 4.26. The minimum absolute atomic E-state index is 0.181. The van der Waals surface area contributed by atoms with Crippen molar-refractivity contribution in [3.63, 3.8) is 0 Å². The smallest absolute Gasteiger partial charge is 0.247 e. The lowest BCUT2D eigenvalue weighted by molar-refractivity contribution is 0.437. The molecule has 5 rings (SSSR count). The molecule has 6 nitrogen and oxygen atoms in total. The van der Waals surface area contributed by atoms with E-state index in [1.807, 2.05) is 19.2 Å². The molecule has 1 atom stereocenters. The number of pyridine rings is 1. The first-order chi connectivity index (χ1) is 14.1. The molecule has 2 N–H and O–H groups in total. The van der Waals surface area contributed by atoms with Gasteiger partial charge in [0.05, 0.1) is 11.7 Å². The van der Waals surface area contributed by atoms with Crippen LogP contribution in [0.4, 0.5) is 0 Å². The summed E-state index contributed by atoms with van der Waals surface area (Å²) in [7, 11) is 0. The molecule has 29 heavy (non-hydrogen) atoms. The lowest BCUT2D eigenvalue weighted by atomic mass is 9.95. The molecule has 3 aromatic heterocycles. The van der Waals surface area contributed by atoms with Gasteiger partial charge in [0.25, 0.3) is 0 Å². The van der Waals surface area contributed by atoms with E-state index in [9.17, 15) is 0 Å². The van der Waals surface area contributed by atoms with Crippen LogP contribution in [0.25, 0.3) is 33.6 Å². The zero-order valence-electron chi connectivity index (χ0n) is 17.0. The Balaban J connectivity index is 1.60. The van der Waals surface area contributed by atoms with Crippen LogP contribution in [0.2, 0.25) is 0 Å². The summed E-state index contributed by atoms with van der Waals surface area (Å²) in [6, 6.07) is 10.7. The van der Waals surface area contributed by atoms with Crippen LogP contribution in [0, 0.1) is 6.92 Å². The highest BCUT2D eigenvalue weighted by molar-refractivity contribution is 5.93. The van der Waals surface area contributed by atoms with Crippen LogP contribution < -0.4 is 5.32 Å². The lowest BCUT2D eigenvalue weighted by Gasteiger charge is -2.09. The Bertz CT molecular complexity index is 1170. The van der Waals surface area contributed by atoms with Gasteiger partial charge in [0, 0.05) is 33.9 Å². The second-order valence-corrected chi connectivity index (χ2v) is 8.11. The quantitative estimate of drug-likeness (QED) is 0.507. The van der Waals surface area contributed by atoms with Crippen LogP contribution in [0.1, 0.15) is 55.8 Å². The van der Waals surface area contributed by atoms with Gasteiger partial charge >= 0.3 is 0 Å². The number of rotatable bonds is 4. The maximum atomic E-state index is 6.01. The molecule has 1 aromatic carbocycles. The molecule has 0 unspecified atom stereocenters. The molecule has 0 saturated carbocycles. The van der Waals surface area contributed by atoms with Gasteiger partial charge in [0.1, 0.15) is 0 Å². The van der Waals surface area contributed by atoms with Crippen LogP contribution in [0.3, 0.4) is 0 Å². The van der Waals surface area contributed by atoms with Crippen molar-refractivity contribution in [1.82, 2.24) is 25.5 Å². The van der Waals surface area contributed by atoms with E-state index < -0.39 is 0 Å². The number of hydrogen-bond donors (Lipinski definition) is 2. The van der Waals surface area contributed by atoms with Gasteiger partial charge in [0.15, 0.2) is 0 Å². The monoisotopic (exact) mass is 387 g/mol. The maximum absolute atomic E-state index is 6.01. The minimum Gasteiger partial charge on any atom is -0.419 e. The second kappa shape index (κ2) is 7.12. The minimum atomic E-state index is 0.181. The average Bonchev–Trinajstić information content (AvgIpc) is 3.45. The number of hydrogen-bond acceptors (Lipinski definition) is 5. The predicted molar refractivity (Wildman–Crippen MR) is 114 cm³/mol. The molecule has 0 amide bonds. The Morgan fingerprint density at radius 1 is 1.10 bits per heavy atom. The zero-order chi connectivity index (χ0) is 20.0. The van der Waals surface area contributed by atoms with Gasteiger partial charge in [-0.2, -0.15) is 0 Å². The van der Waals surface area contributed by atoms with E-state index in [-0.39, 0.29) is 6.04 Å². The fourth-order valence-electron chi connectivity index (χ4n) is 4.26. The molecule has 1 fully saturated rings. The molecular weight excluding hydrogens is 362 g/mol. The third-order valence-electron chi connectivity index (χ3n) is 5.65. The highest BCUT2D eigenvalue weighted by Crippen LogP contribution is 2.37. The van der Waals surface area contributed by atoms with Crippen molar-refractivity contribution in [2.45, 2.75) is 45.6 Å². The lowest BCUT2D eigenvalue weighted by Crippen LogP contribution is -2.12. The van der Waals surface area contributed by atoms with Gasteiger partial charge in [-0.05, 0) is 68.1 Å².